The second kappa shape index (κ2) is 4.74. The number of anilines is 1. The molecule has 0 fully saturated rings. The van der Waals surface area contributed by atoms with Gasteiger partial charge in [-0.05, 0) is 24.5 Å². The molecule has 1 aromatic carbocycles. The number of nitro benzene ring substituents is 1. The first kappa shape index (κ1) is 13.9. The van der Waals surface area contributed by atoms with Gasteiger partial charge < -0.3 is 0 Å². The Morgan fingerprint density at radius 2 is 2.10 bits per heavy atom. The van der Waals surface area contributed by atoms with Crippen molar-refractivity contribution in [2.45, 2.75) is 12.8 Å². The fourth-order valence-corrected chi connectivity index (χ4v) is 3.81. The minimum Gasteiger partial charge on any atom is -0.278 e. The van der Waals surface area contributed by atoms with Crippen LogP contribution in [0.1, 0.15) is 18.4 Å². The summed E-state index contributed by atoms with van der Waals surface area (Å²) in [7, 11) is -3.81. The third-order valence-electron chi connectivity index (χ3n) is 3.42. The van der Waals surface area contributed by atoms with Crippen molar-refractivity contribution < 1.29 is 13.3 Å². The van der Waals surface area contributed by atoms with E-state index in [9.17, 15) is 18.5 Å². The molecule has 6 nitrogen and oxygen atoms in total. The number of non-ortho nitro benzene ring substituents is 1. The first-order chi connectivity index (χ1) is 9.90. The van der Waals surface area contributed by atoms with Crippen molar-refractivity contribution >= 4 is 43.4 Å². The molecule has 1 aromatic rings. The third kappa shape index (κ3) is 2.26. The lowest BCUT2D eigenvalue weighted by Crippen LogP contribution is -2.21. The summed E-state index contributed by atoms with van der Waals surface area (Å²) in [6.45, 7) is 0. The van der Waals surface area contributed by atoms with Crippen LogP contribution in [0.2, 0.25) is 0 Å². The maximum absolute atomic E-state index is 12.2. The molecule has 0 atom stereocenters. The number of fused-ring (bicyclic) bond motifs is 2. The van der Waals surface area contributed by atoms with E-state index in [2.05, 4.69) is 4.72 Å². The van der Waals surface area contributed by atoms with E-state index in [0.29, 0.717) is 23.2 Å². The lowest BCUT2D eigenvalue weighted by Gasteiger charge is -2.14. The van der Waals surface area contributed by atoms with Gasteiger partial charge in [-0.25, -0.2) is 8.42 Å². The predicted octanol–water partition coefficient (Wildman–Crippen LogP) is 2.78. The van der Waals surface area contributed by atoms with Crippen molar-refractivity contribution in [1.29, 1.82) is 0 Å². The summed E-state index contributed by atoms with van der Waals surface area (Å²) < 4.78 is 26.6. The smallest absolute Gasteiger partial charge is 0.272 e. The number of hydrogen-bond donors (Lipinski definition) is 1. The van der Waals surface area contributed by atoms with Crippen LogP contribution in [0.15, 0.2) is 35.9 Å². The molecule has 0 spiro atoms. The van der Waals surface area contributed by atoms with E-state index in [-0.39, 0.29) is 9.88 Å². The Morgan fingerprint density at radius 1 is 1.33 bits per heavy atom. The SMILES string of the molecule is O=[N+]([O-])c1ccc2c(c1)C1=C(C=CCC1)C(=S)S(=O)(=O)N2. The topological polar surface area (TPSA) is 89.3 Å². The molecule has 3 rings (SSSR count). The van der Waals surface area contributed by atoms with Crippen molar-refractivity contribution in [3.05, 3.63) is 51.6 Å². The number of nitrogens with one attached hydrogen (secondary N) is 1. The maximum atomic E-state index is 12.2. The fraction of sp³-hybridized carbons (Fsp3) is 0.154. The van der Waals surface area contributed by atoms with Crippen LogP contribution >= 0.6 is 12.2 Å². The van der Waals surface area contributed by atoms with E-state index in [1.165, 1.54) is 18.2 Å². The average Bonchev–Trinajstić information content (AvgIpc) is 2.53. The molecule has 1 N–H and O–H groups in total. The van der Waals surface area contributed by atoms with Gasteiger partial charge in [0.2, 0.25) is 0 Å². The Hall–Kier alpha value is -2.06. The van der Waals surface area contributed by atoms with E-state index in [4.69, 9.17) is 12.2 Å². The molecule has 0 unspecified atom stereocenters. The van der Waals surface area contributed by atoms with Gasteiger partial charge in [0.05, 0.1) is 10.6 Å². The molecule has 1 aliphatic heterocycles. The number of allylic oxidation sites excluding steroid dienone is 3. The molecule has 0 bridgehead atoms. The highest BCUT2D eigenvalue weighted by atomic mass is 32.2. The van der Waals surface area contributed by atoms with Crippen molar-refractivity contribution in [2.24, 2.45) is 0 Å². The van der Waals surface area contributed by atoms with Crippen molar-refractivity contribution in [3.8, 4) is 0 Å². The molecule has 21 heavy (non-hydrogen) atoms. The number of nitro groups is 1. The molecule has 8 heteroatoms. The van der Waals surface area contributed by atoms with Crippen LogP contribution < -0.4 is 4.72 Å². The Morgan fingerprint density at radius 3 is 2.81 bits per heavy atom. The number of benzene rings is 1. The molecule has 0 aromatic heterocycles. The molecular weight excluding hydrogens is 312 g/mol. The van der Waals surface area contributed by atoms with Crippen LogP contribution in [0.4, 0.5) is 11.4 Å². The van der Waals surface area contributed by atoms with Gasteiger partial charge in [0.1, 0.15) is 0 Å². The minimum absolute atomic E-state index is 0.0813. The zero-order chi connectivity index (χ0) is 15.2. The fourth-order valence-electron chi connectivity index (χ4n) is 2.46. The second-order valence-corrected chi connectivity index (χ2v) is 7.00. The molecular formula is C13H10N2O4S2. The summed E-state index contributed by atoms with van der Waals surface area (Å²) in [4.78, 5) is 10.4. The quantitative estimate of drug-likeness (QED) is 0.488. The van der Waals surface area contributed by atoms with Crippen molar-refractivity contribution in [3.63, 3.8) is 0 Å². The zero-order valence-electron chi connectivity index (χ0n) is 10.7. The Bertz CT molecular complexity index is 838. The zero-order valence-corrected chi connectivity index (χ0v) is 12.3. The van der Waals surface area contributed by atoms with Crippen LogP contribution in [0.5, 0.6) is 0 Å². The maximum Gasteiger partial charge on any atom is 0.272 e. The highest BCUT2D eigenvalue weighted by Gasteiger charge is 2.30. The predicted molar refractivity (Wildman–Crippen MR) is 83.5 cm³/mol. The molecule has 0 amide bonds. The molecule has 2 aliphatic rings. The highest BCUT2D eigenvalue weighted by Crippen LogP contribution is 2.39. The number of rotatable bonds is 1. The molecule has 0 saturated heterocycles. The molecule has 1 heterocycles. The van der Waals surface area contributed by atoms with Crippen molar-refractivity contribution in [2.75, 3.05) is 4.72 Å². The Kier molecular flexibility index (Phi) is 3.14. The van der Waals surface area contributed by atoms with Gasteiger partial charge in [0.25, 0.3) is 15.7 Å². The Balaban J connectivity index is 2.33. The summed E-state index contributed by atoms with van der Waals surface area (Å²) in [5.41, 5.74) is 1.94. The van der Waals surface area contributed by atoms with Gasteiger partial charge >= 0.3 is 0 Å². The standard InChI is InChI=1S/C13H10N2O4S2/c16-15(17)8-5-6-12-11(7-8)9-3-1-2-4-10(9)13(20)21(18,19)14-12/h2,4-7,14H,1,3H2. The Labute approximate surface area is 126 Å². The summed E-state index contributed by atoms with van der Waals surface area (Å²) in [6.07, 6.45) is 4.86. The number of thiocarbonyl (C=S) groups is 1. The normalized spacial score (nSPS) is 19.3. The van der Waals surface area contributed by atoms with Crippen LogP contribution in [0, 0.1) is 10.1 Å². The van der Waals surface area contributed by atoms with Crippen LogP contribution in [0.25, 0.3) is 5.57 Å². The van der Waals surface area contributed by atoms with Crippen LogP contribution in [0.3, 0.4) is 0 Å². The van der Waals surface area contributed by atoms with Gasteiger partial charge in [-0.15, -0.1) is 0 Å². The summed E-state index contributed by atoms with van der Waals surface area (Å²) in [6, 6.07) is 4.07. The molecule has 0 radical (unpaired) electrons. The van der Waals surface area contributed by atoms with E-state index < -0.39 is 14.9 Å². The minimum atomic E-state index is -3.81. The monoisotopic (exact) mass is 322 g/mol. The van der Waals surface area contributed by atoms with Crippen LogP contribution in [-0.2, 0) is 10.0 Å². The lowest BCUT2D eigenvalue weighted by molar-refractivity contribution is -0.384. The summed E-state index contributed by atoms with van der Waals surface area (Å²) >= 11 is 5.06. The summed E-state index contributed by atoms with van der Waals surface area (Å²) in [5, 5.41) is 10.9. The second-order valence-electron chi connectivity index (χ2n) is 4.71. The summed E-state index contributed by atoms with van der Waals surface area (Å²) in [5.74, 6) is 0. The molecule has 108 valence electrons. The van der Waals surface area contributed by atoms with E-state index in [1.807, 2.05) is 6.08 Å². The largest absolute Gasteiger partial charge is 0.278 e. The van der Waals surface area contributed by atoms with Crippen LogP contribution in [-0.4, -0.2) is 17.5 Å². The highest BCUT2D eigenvalue weighted by molar-refractivity contribution is 8.18. The number of hydrogen-bond acceptors (Lipinski definition) is 5. The first-order valence-electron chi connectivity index (χ1n) is 6.16. The number of nitrogens with zero attached hydrogens (tertiary/aromatic N) is 1. The van der Waals surface area contributed by atoms with Crippen molar-refractivity contribution in [1.82, 2.24) is 0 Å². The third-order valence-corrected chi connectivity index (χ3v) is 5.49. The number of sulfonamides is 1. The van der Waals surface area contributed by atoms with Gasteiger partial charge in [-0.3, -0.25) is 14.8 Å². The van der Waals surface area contributed by atoms with E-state index in [0.717, 1.165) is 12.0 Å². The lowest BCUT2D eigenvalue weighted by atomic mass is 9.91. The molecule has 1 aliphatic carbocycles. The van der Waals surface area contributed by atoms with E-state index in [1.54, 1.807) is 6.08 Å². The van der Waals surface area contributed by atoms with Gasteiger partial charge in [-0.1, -0.05) is 24.4 Å². The first-order valence-corrected chi connectivity index (χ1v) is 8.05. The average molecular weight is 322 g/mol. The van der Waals surface area contributed by atoms with E-state index >= 15 is 0 Å². The van der Waals surface area contributed by atoms with Gasteiger partial charge in [0, 0.05) is 23.3 Å². The molecule has 0 saturated carbocycles. The van der Waals surface area contributed by atoms with Gasteiger partial charge in [-0.2, -0.15) is 0 Å². The van der Waals surface area contributed by atoms with Gasteiger partial charge in [0.15, 0.2) is 4.20 Å².